The van der Waals surface area contributed by atoms with Crippen LogP contribution < -0.4 is 20.7 Å². The summed E-state index contributed by atoms with van der Waals surface area (Å²) >= 11 is 0. The van der Waals surface area contributed by atoms with Gasteiger partial charge in [-0.3, -0.25) is 9.69 Å². The number of aromatic nitrogens is 1. The van der Waals surface area contributed by atoms with Gasteiger partial charge in [-0.1, -0.05) is 30.3 Å². The lowest BCUT2D eigenvalue weighted by atomic mass is 10.0. The normalized spacial score (nSPS) is 15.2. The minimum atomic E-state index is -0.110. The molecule has 2 aromatic carbocycles. The molecule has 2 aliphatic heterocycles. The Labute approximate surface area is 204 Å². The molecule has 3 N–H and O–H groups in total. The highest BCUT2D eigenvalue weighted by molar-refractivity contribution is 5.94. The number of nitrogens with one attached hydrogen (secondary N) is 3. The molecule has 8 heteroatoms. The molecule has 2 aliphatic rings. The number of hydrogen-bond acceptors (Lipinski definition) is 6. The van der Waals surface area contributed by atoms with Crippen molar-refractivity contribution in [1.82, 2.24) is 15.5 Å². The number of ether oxygens (including phenoxy) is 1. The molecule has 0 aliphatic carbocycles. The summed E-state index contributed by atoms with van der Waals surface area (Å²) in [6, 6.07) is 18.7. The van der Waals surface area contributed by atoms with Gasteiger partial charge in [-0.2, -0.15) is 0 Å². The van der Waals surface area contributed by atoms with Crippen molar-refractivity contribution in [2.75, 3.05) is 44.7 Å². The first-order valence-corrected chi connectivity index (χ1v) is 11.9. The van der Waals surface area contributed by atoms with Crippen LogP contribution in [-0.4, -0.2) is 50.2 Å². The van der Waals surface area contributed by atoms with Crippen molar-refractivity contribution in [2.45, 2.75) is 6.54 Å². The minimum Gasteiger partial charge on any atom is -0.710 e. The number of morpholine rings is 1. The van der Waals surface area contributed by atoms with Gasteiger partial charge in [-0.25, -0.2) is 10.0 Å². The predicted molar refractivity (Wildman–Crippen MR) is 136 cm³/mol. The maximum atomic E-state index is 13.4. The number of fused-ring (bicyclic) bond motifs is 1. The smallest absolute Gasteiger partial charge is 0.288 e. The fourth-order valence-electron chi connectivity index (χ4n) is 4.35. The zero-order valence-corrected chi connectivity index (χ0v) is 19.5. The van der Waals surface area contributed by atoms with Crippen LogP contribution in [0.25, 0.3) is 17.3 Å². The molecular weight excluding hydrogens is 442 g/mol. The van der Waals surface area contributed by atoms with Gasteiger partial charge in [-0.15, -0.1) is 0 Å². The first-order chi connectivity index (χ1) is 17.2. The summed E-state index contributed by atoms with van der Waals surface area (Å²) in [5.74, 6) is 0.363. The summed E-state index contributed by atoms with van der Waals surface area (Å²) in [5.41, 5.74) is 4.64. The largest absolute Gasteiger partial charge is 0.710 e. The molecule has 3 aromatic rings. The Morgan fingerprint density at radius 2 is 1.86 bits per heavy atom. The Bertz CT molecular complexity index is 1210. The Kier molecular flexibility index (Phi) is 6.92. The topological polar surface area (TPSA) is 92.6 Å². The van der Waals surface area contributed by atoms with Crippen molar-refractivity contribution in [3.8, 4) is 11.3 Å². The van der Waals surface area contributed by atoms with Crippen LogP contribution in [0.15, 0.2) is 66.9 Å². The Morgan fingerprint density at radius 3 is 2.63 bits per heavy atom. The highest BCUT2D eigenvalue weighted by atomic mass is 16.5. The van der Waals surface area contributed by atoms with E-state index in [9.17, 15) is 10.0 Å². The average Bonchev–Trinajstić information content (AvgIpc) is 2.91. The van der Waals surface area contributed by atoms with E-state index in [4.69, 9.17) is 4.74 Å². The molecule has 35 heavy (non-hydrogen) atoms. The number of carbonyl (C=O) groups is 1. The van der Waals surface area contributed by atoms with Crippen molar-refractivity contribution in [2.24, 2.45) is 0 Å². The summed E-state index contributed by atoms with van der Waals surface area (Å²) in [7, 11) is 0. The second-order valence-corrected chi connectivity index (χ2v) is 8.60. The first-order valence-electron chi connectivity index (χ1n) is 11.9. The van der Waals surface area contributed by atoms with Crippen LogP contribution in [0.4, 0.5) is 11.5 Å². The van der Waals surface area contributed by atoms with Gasteiger partial charge in [0.05, 0.1) is 18.8 Å². The van der Waals surface area contributed by atoms with E-state index in [-0.39, 0.29) is 5.91 Å². The van der Waals surface area contributed by atoms with Crippen LogP contribution >= 0.6 is 0 Å². The van der Waals surface area contributed by atoms with E-state index in [0.29, 0.717) is 30.2 Å². The summed E-state index contributed by atoms with van der Waals surface area (Å²) < 4.78 is 6.30. The fraction of sp³-hybridized carbons (Fsp3) is 0.259. The Balaban J connectivity index is 1.31. The van der Waals surface area contributed by atoms with Crippen molar-refractivity contribution in [3.05, 3.63) is 88.8 Å². The van der Waals surface area contributed by atoms with Crippen molar-refractivity contribution in [1.29, 1.82) is 0 Å². The standard InChI is InChI=1S/C27H29N5O3/c33-27(29-12-13-31-14-16-35-17-15-31)21-6-8-23(9-7-21)30-26-24-19-28-11-10-22(24)18-25(32(26)34)20-4-2-1-3-5-20/h1-11,18,28,30H,12-17,19H2,(H,29,33). The third-order valence-corrected chi connectivity index (χ3v) is 6.30. The fourth-order valence-corrected chi connectivity index (χ4v) is 4.35. The van der Waals surface area contributed by atoms with Gasteiger partial charge in [0.2, 0.25) is 0 Å². The van der Waals surface area contributed by atoms with Gasteiger partial charge in [-0.05, 0) is 48.2 Å². The zero-order chi connectivity index (χ0) is 24.0. The highest BCUT2D eigenvalue weighted by Gasteiger charge is 2.22. The van der Waals surface area contributed by atoms with Gasteiger partial charge in [0.15, 0.2) is 0 Å². The van der Waals surface area contributed by atoms with Gasteiger partial charge in [0.1, 0.15) is 11.4 Å². The van der Waals surface area contributed by atoms with Gasteiger partial charge in [0, 0.05) is 43.9 Å². The SMILES string of the molecule is O=C(NCCN1CCOCC1)c1ccc(Nc2c3c(cc(-c4ccccc4)[n+]2[O-])C=CNC3)cc1. The quantitative estimate of drug-likeness (QED) is 0.363. The number of anilines is 2. The lowest BCUT2D eigenvalue weighted by Gasteiger charge is -2.26. The lowest BCUT2D eigenvalue weighted by molar-refractivity contribution is -0.578. The van der Waals surface area contributed by atoms with Gasteiger partial charge < -0.3 is 20.6 Å². The molecule has 0 saturated carbocycles. The molecule has 0 bridgehead atoms. The predicted octanol–water partition coefficient (Wildman–Crippen LogP) is 2.87. The zero-order valence-electron chi connectivity index (χ0n) is 19.5. The van der Waals surface area contributed by atoms with Gasteiger partial charge in [0.25, 0.3) is 11.7 Å². The van der Waals surface area contributed by atoms with Crippen molar-refractivity contribution in [3.63, 3.8) is 0 Å². The number of carbonyl (C=O) groups excluding carboxylic acids is 1. The van der Waals surface area contributed by atoms with Crippen LogP contribution in [0.2, 0.25) is 0 Å². The number of hydrogen-bond donors (Lipinski definition) is 3. The highest BCUT2D eigenvalue weighted by Crippen LogP contribution is 2.28. The van der Waals surface area contributed by atoms with Crippen LogP contribution in [0.5, 0.6) is 0 Å². The Hall–Kier alpha value is -3.88. The molecule has 3 heterocycles. The second kappa shape index (κ2) is 10.6. The van der Waals surface area contributed by atoms with E-state index in [1.807, 2.05) is 60.8 Å². The minimum absolute atomic E-state index is 0.110. The number of rotatable bonds is 7. The van der Waals surface area contributed by atoms with Crippen LogP contribution in [0.1, 0.15) is 21.5 Å². The average molecular weight is 472 g/mol. The summed E-state index contributed by atoms with van der Waals surface area (Å²) in [5, 5.41) is 22.8. The van der Waals surface area contributed by atoms with Gasteiger partial charge >= 0.3 is 0 Å². The van der Waals surface area contributed by atoms with E-state index in [1.54, 1.807) is 12.1 Å². The Morgan fingerprint density at radius 1 is 1.09 bits per heavy atom. The molecule has 0 atom stereocenters. The summed E-state index contributed by atoms with van der Waals surface area (Å²) in [4.78, 5) is 14.8. The van der Waals surface area contributed by atoms with E-state index in [0.717, 1.165) is 60.0 Å². The number of nitrogens with zero attached hydrogens (tertiary/aromatic N) is 2. The number of pyridine rings is 1. The molecular formula is C27H29N5O3. The number of amides is 1. The maximum absolute atomic E-state index is 13.4. The third-order valence-electron chi connectivity index (χ3n) is 6.30. The van der Waals surface area contributed by atoms with Crippen molar-refractivity contribution >= 4 is 23.5 Å². The van der Waals surface area contributed by atoms with E-state index in [2.05, 4.69) is 20.9 Å². The summed E-state index contributed by atoms with van der Waals surface area (Å²) in [6.45, 7) is 5.24. The van der Waals surface area contributed by atoms with Crippen LogP contribution in [0, 0.1) is 5.21 Å². The number of benzene rings is 2. The molecule has 0 spiro atoms. The third kappa shape index (κ3) is 5.29. The summed E-state index contributed by atoms with van der Waals surface area (Å²) in [6.07, 6.45) is 3.86. The first kappa shape index (κ1) is 22.9. The van der Waals surface area contributed by atoms with E-state index in [1.165, 1.54) is 0 Å². The van der Waals surface area contributed by atoms with Crippen LogP contribution in [0.3, 0.4) is 0 Å². The molecule has 1 aromatic heterocycles. The molecule has 1 amide bonds. The monoisotopic (exact) mass is 471 g/mol. The molecule has 0 unspecified atom stereocenters. The molecule has 8 nitrogen and oxygen atoms in total. The molecule has 0 radical (unpaired) electrons. The molecule has 1 fully saturated rings. The van der Waals surface area contributed by atoms with Crippen LogP contribution in [-0.2, 0) is 11.3 Å². The lowest BCUT2D eigenvalue weighted by Crippen LogP contribution is -2.41. The molecule has 1 saturated heterocycles. The van der Waals surface area contributed by atoms with E-state index >= 15 is 0 Å². The second-order valence-electron chi connectivity index (χ2n) is 8.60. The van der Waals surface area contributed by atoms with Crippen molar-refractivity contribution < 1.29 is 14.3 Å². The molecule has 180 valence electrons. The maximum Gasteiger partial charge on any atom is 0.288 e. The van der Waals surface area contributed by atoms with E-state index < -0.39 is 0 Å². The molecule has 5 rings (SSSR count).